The largest absolute Gasteiger partial charge is 0.394 e. The van der Waals surface area contributed by atoms with Crippen molar-refractivity contribution >= 4 is 0 Å². The van der Waals surface area contributed by atoms with Gasteiger partial charge >= 0.3 is 0 Å². The molecule has 3 heterocycles. The summed E-state index contributed by atoms with van der Waals surface area (Å²) in [7, 11) is 0. The highest BCUT2D eigenvalue weighted by atomic mass is 16.7. The normalized spacial score (nSPS) is 56.9. The molecule has 0 amide bonds. The second-order valence-electron chi connectivity index (χ2n) is 13.7. The fraction of sp³-hybridized carbons (Fsp3) is 1.00. The summed E-state index contributed by atoms with van der Waals surface area (Å²) in [5.74, 6) is -0.605. The molecule has 9 N–H and O–H groups in total. The Morgan fingerprint density at radius 1 is 0.571 bits per heavy atom. The molecule has 6 fully saturated rings. The molecule has 6 rings (SSSR count). The fourth-order valence-electron chi connectivity index (χ4n) is 8.80. The fourth-order valence-corrected chi connectivity index (χ4v) is 8.80. The molecule has 3 aliphatic carbocycles. The highest BCUT2D eigenvalue weighted by molar-refractivity contribution is 5.07. The maximum atomic E-state index is 10.9. The summed E-state index contributed by atoms with van der Waals surface area (Å²) in [4.78, 5) is 0. The van der Waals surface area contributed by atoms with Gasteiger partial charge in [0, 0.05) is 5.92 Å². The van der Waals surface area contributed by atoms with Crippen molar-refractivity contribution in [2.45, 2.75) is 150 Å². The van der Waals surface area contributed by atoms with Crippen molar-refractivity contribution in [3.63, 3.8) is 0 Å². The first-order valence-corrected chi connectivity index (χ1v) is 15.7. The van der Waals surface area contributed by atoms with Crippen LogP contribution in [0.1, 0.15) is 57.8 Å². The van der Waals surface area contributed by atoms with Gasteiger partial charge in [-0.15, -0.1) is 0 Å². The molecule has 42 heavy (non-hydrogen) atoms. The first-order chi connectivity index (χ1) is 20.0. The molecule has 10 unspecified atom stereocenters. The van der Waals surface area contributed by atoms with E-state index in [-0.39, 0.29) is 48.9 Å². The Morgan fingerprint density at radius 3 is 1.86 bits per heavy atom. The summed E-state index contributed by atoms with van der Waals surface area (Å²) < 4.78 is 25.6. The van der Waals surface area contributed by atoms with Gasteiger partial charge in [0.1, 0.15) is 30.5 Å². The van der Waals surface area contributed by atoms with Gasteiger partial charge in [-0.3, -0.25) is 0 Å². The minimum absolute atomic E-state index is 0.133. The van der Waals surface area contributed by atoms with Gasteiger partial charge in [-0.05, 0) is 75.5 Å². The Balaban J connectivity index is 1.33. The average molecular weight is 605 g/mol. The summed E-state index contributed by atoms with van der Waals surface area (Å²) in [5.41, 5.74) is 0. The zero-order valence-corrected chi connectivity index (χ0v) is 23.7. The number of aliphatic hydroxyl groups excluding tert-OH is 9. The second-order valence-corrected chi connectivity index (χ2v) is 13.7. The van der Waals surface area contributed by atoms with E-state index in [4.69, 9.17) is 18.9 Å². The van der Waals surface area contributed by atoms with Crippen molar-refractivity contribution in [3.8, 4) is 0 Å². The Labute approximate surface area is 245 Å². The van der Waals surface area contributed by atoms with Crippen molar-refractivity contribution in [2.24, 2.45) is 23.7 Å². The van der Waals surface area contributed by atoms with Gasteiger partial charge in [-0.2, -0.15) is 0 Å². The van der Waals surface area contributed by atoms with Gasteiger partial charge in [0.2, 0.25) is 0 Å². The third-order valence-corrected chi connectivity index (χ3v) is 11.0. The maximum Gasteiger partial charge on any atom is 0.187 e. The molecule has 6 aliphatic rings. The lowest BCUT2D eigenvalue weighted by atomic mass is 9.63. The summed E-state index contributed by atoms with van der Waals surface area (Å²) in [6.45, 7) is -0.605. The van der Waals surface area contributed by atoms with E-state index in [0.29, 0.717) is 32.1 Å². The molecule has 0 spiro atoms. The van der Waals surface area contributed by atoms with Crippen molar-refractivity contribution in [3.05, 3.63) is 0 Å². The summed E-state index contributed by atoms with van der Waals surface area (Å²) in [5, 5.41) is 93.7. The molecule has 3 aliphatic heterocycles. The lowest BCUT2D eigenvalue weighted by Gasteiger charge is -2.59. The number of ether oxygens (including phenoxy) is 4. The molecule has 0 bridgehead atoms. The second kappa shape index (κ2) is 12.7. The van der Waals surface area contributed by atoms with E-state index in [2.05, 4.69) is 0 Å². The summed E-state index contributed by atoms with van der Waals surface area (Å²) in [6, 6.07) is 0. The Bertz CT molecular complexity index is 889. The van der Waals surface area contributed by atoms with Crippen LogP contribution < -0.4 is 0 Å². The monoisotopic (exact) mass is 604 g/mol. The van der Waals surface area contributed by atoms with E-state index < -0.39 is 86.0 Å². The van der Waals surface area contributed by atoms with Crippen molar-refractivity contribution < 1.29 is 64.9 Å². The summed E-state index contributed by atoms with van der Waals surface area (Å²) in [6.07, 6.45) is -9.72. The molecule has 0 aromatic heterocycles. The van der Waals surface area contributed by atoms with Crippen LogP contribution >= 0.6 is 0 Å². The standard InChI is InChI=1S/C29H48O13/c30-10-21-24(36)25(37)26(38)29(41-21)42-28-15-9-18(11-1-3-13(31)4-2-11)39-19-7-14(32)8-20(22(15)19)40-27(28)12-5-16(33)23(35)17(34)6-12/h11-38H,1-10H2/t11?,12?,13?,14?,15?,16?,17?,18?,19?,20?,21-,22?,23?,24-,25+,26-,27?,28?,29+/m1/s1. The predicted octanol–water partition coefficient (Wildman–Crippen LogP) is -2.47. The van der Waals surface area contributed by atoms with Crippen LogP contribution in [0.3, 0.4) is 0 Å². The molecular formula is C29H48O13. The number of hydrogen-bond acceptors (Lipinski definition) is 13. The van der Waals surface area contributed by atoms with Gasteiger partial charge in [-0.25, -0.2) is 0 Å². The van der Waals surface area contributed by atoms with Gasteiger partial charge in [0.25, 0.3) is 0 Å². The smallest absolute Gasteiger partial charge is 0.187 e. The van der Waals surface area contributed by atoms with Gasteiger partial charge in [0.05, 0.1) is 61.5 Å². The van der Waals surface area contributed by atoms with Crippen LogP contribution in [0.15, 0.2) is 0 Å². The van der Waals surface area contributed by atoms with Crippen molar-refractivity contribution in [1.82, 2.24) is 0 Å². The summed E-state index contributed by atoms with van der Waals surface area (Å²) >= 11 is 0. The lowest BCUT2D eigenvalue weighted by Crippen LogP contribution is -2.67. The van der Waals surface area contributed by atoms with Crippen LogP contribution in [0.4, 0.5) is 0 Å². The first kappa shape index (κ1) is 31.5. The van der Waals surface area contributed by atoms with E-state index in [1.54, 1.807) is 0 Å². The van der Waals surface area contributed by atoms with Crippen LogP contribution in [-0.2, 0) is 18.9 Å². The van der Waals surface area contributed by atoms with E-state index in [1.807, 2.05) is 0 Å². The van der Waals surface area contributed by atoms with Gasteiger partial charge in [-0.1, -0.05) is 0 Å². The molecule has 13 heteroatoms. The lowest BCUT2D eigenvalue weighted by molar-refractivity contribution is -0.353. The zero-order valence-electron chi connectivity index (χ0n) is 23.7. The third kappa shape index (κ3) is 5.91. The van der Waals surface area contributed by atoms with Gasteiger partial charge < -0.3 is 64.9 Å². The molecule has 0 radical (unpaired) electrons. The minimum atomic E-state index is -1.63. The van der Waals surface area contributed by atoms with Crippen molar-refractivity contribution in [2.75, 3.05) is 6.61 Å². The Kier molecular flexibility index (Phi) is 9.51. The van der Waals surface area contributed by atoms with Crippen LogP contribution in [0, 0.1) is 23.7 Å². The van der Waals surface area contributed by atoms with E-state index in [9.17, 15) is 46.0 Å². The molecule has 0 aromatic carbocycles. The topological polar surface area (TPSA) is 219 Å². The predicted molar refractivity (Wildman–Crippen MR) is 142 cm³/mol. The molecule has 242 valence electrons. The molecular weight excluding hydrogens is 556 g/mol. The molecule has 3 saturated heterocycles. The van der Waals surface area contributed by atoms with E-state index in [1.165, 1.54) is 0 Å². The molecule has 3 saturated carbocycles. The SMILES string of the molecule is OC[C@H]1O[C@@H](OC2C3CC(C4CCC(O)CC4)OC4CC(O)CC(OC2C2CC(O)C(O)C(O)C2)C43)[C@H](O)[C@@H](O)[C@@H]1O. The van der Waals surface area contributed by atoms with Crippen molar-refractivity contribution in [1.29, 1.82) is 0 Å². The minimum Gasteiger partial charge on any atom is -0.394 e. The van der Waals surface area contributed by atoms with Gasteiger partial charge in [0.15, 0.2) is 6.29 Å². The molecule has 15 atom stereocenters. The Hall–Kier alpha value is -0.520. The van der Waals surface area contributed by atoms with Crippen LogP contribution in [0.2, 0.25) is 0 Å². The molecule has 0 aromatic rings. The first-order valence-electron chi connectivity index (χ1n) is 15.7. The van der Waals surface area contributed by atoms with E-state index >= 15 is 0 Å². The number of hydrogen-bond donors (Lipinski definition) is 9. The number of rotatable bonds is 5. The zero-order chi connectivity index (χ0) is 29.9. The third-order valence-electron chi connectivity index (χ3n) is 11.0. The quantitative estimate of drug-likeness (QED) is 0.159. The van der Waals surface area contributed by atoms with Crippen LogP contribution in [0.25, 0.3) is 0 Å². The number of aliphatic hydroxyl groups is 9. The highest BCUT2D eigenvalue weighted by Crippen LogP contribution is 2.52. The average Bonchev–Trinajstić information content (AvgIpc) is 2.96. The maximum absolute atomic E-state index is 10.9. The van der Waals surface area contributed by atoms with E-state index in [0.717, 1.165) is 12.8 Å². The van der Waals surface area contributed by atoms with Crippen LogP contribution in [0.5, 0.6) is 0 Å². The van der Waals surface area contributed by atoms with Crippen LogP contribution in [-0.4, -0.2) is 144 Å². The molecule has 13 nitrogen and oxygen atoms in total. The Morgan fingerprint density at radius 2 is 1.21 bits per heavy atom. The highest BCUT2D eigenvalue weighted by Gasteiger charge is 2.59.